The number of nitrogens with zero attached hydrogens (tertiary/aromatic N) is 1. The van der Waals surface area contributed by atoms with Gasteiger partial charge < -0.3 is 77.4 Å². The van der Waals surface area contributed by atoms with Gasteiger partial charge in [-0.2, -0.15) is 0 Å². The van der Waals surface area contributed by atoms with E-state index in [0.29, 0.717) is 23.1 Å². The molecule has 1 fully saturated rings. The number of H-pyrrole nitrogens is 1. The average molecular weight is 933 g/mol. The van der Waals surface area contributed by atoms with Crippen molar-refractivity contribution in [1.29, 1.82) is 0 Å². The van der Waals surface area contributed by atoms with Gasteiger partial charge >= 0.3 is 0 Å². The van der Waals surface area contributed by atoms with Crippen molar-refractivity contribution in [3.63, 3.8) is 0 Å². The summed E-state index contributed by atoms with van der Waals surface area (Å²) < 4.78 is 20.0. The third kappa shape index (κ3) is 12.0. The molecule has 9 amide bonds. The minimum Gasteiger partial charge on any atom is -0.610 e. The Bertz CT molecular complexity index is 2170. The van der Waals surface area contributed by atoms with E-state index in [-0.39, 0.29) is 10.6 Å². The third-order valence-electron chi connectivity index (χ3n) is 11.8. The molecule has 0 spiro atoms. The zero-order chi connectivity index (χ0) is 47.9. The number of rotatable bonds is 8. The molecule has 0 saturated carbocycles. The number of primary amides is 1. The number of benzene rings is 1. The molecule has 1 aromatic carbocycles. The van der Waals surface area contributed by atoms with Crippen molar-refractivity contribution in [3.05, 3.63) is 23.8 Å². The Labute approximate surface area is 375 Å². The number of carbonyl (C=O) groups excluding carboxylic acids is 9. The molecule has 24 nitrogen and oxygen atoms in total. The van der Waals surface area contributed by atoms with Crippen molar-refractivity contribution < 1.29 is 67.8 Å². The molecule has 1 aromatic heterocycles. The summed E-state index contributed by atoms with van der Waals surface area (Å²) in [4.78, 5) is 128. The van der Waals surface area contributed by atoms with Crippen molar-refractivity contribution in [2.75, 3.05) is 39.1 Å². The van der Waals surface area contributed by atoms with Crippen LogP contribution >= 0.6 is 0 Å². The summed E-state index contributed by atoms with van der Waals surface area (Å²) in [7, 11) is 1.40. The number of nitrogens with one attached hydrogen (secondary N) is 8. The van der Waals surface area contributed by atoms with E-state index in [9.17, 15) is 63.0 Å². The molecule has 2 unspecified atom stereocenters. The molecular weight excluding hydrogens is 877 g/mol. The van der Waals surface area contributed by atoms with Gasteiger partial charge in [0, 0.05) is 53.5 Å². The van der Waals surface area contributed by atoms with Crippen molar-refractivity contribution in [2.24, 2.45) is 17.6 Å². The lowest BCUT2D eigenvalue weighted by Gasteiger charge is -2.32. The van der Waals surface area contributed by atoms with Gasteiger partial charge in [0.15, 0.2) is 6.04 Å². The van der Waals surface area contributed by atoms with Gasteiger partial charge in [-0.3, -0.25) is 43.2 Å². The highest BCUT2D eigenvalue weighted by Crippen LogP contribution is 2.31. The second kappa shape index (κ2) is 21.8. The SMILES string of the molecule is CC[C@H](C)C1NC(=O)CNC(=O)[C@@H]2Cc3c([nH]c4cc(OC)ccc34)[S+]([O-])C[C@H](NC(=O)CNC1=O)C(=O)N[C@@H](CC(N)=O)C(=O)N1C[C@H](O)C[C@H]1C(=O)N[C@@H]([C@@H](C)[C@@H](O)CO)C(=O)N2. The number of nitrogens with two attached hydrogens (primary N) is 1. The lowest BCUT2D eigenvalue weighted by atomic mass is 9.93. The topological polar surface area (TPSA) is 376 Å². The molecule has 356 valence electrons. The Hall–Kier alpha value is -6.02. The number of aromatic nitrogens is 1. The van der Waals surface area contributed by atoms with Gasteiger partial charge in [0.05, 0.1) is 51.0 Å². The van der Waals surface area contributed by atoms with E-state index in [1.807, 2.05) is 0 Å². The third-order valence-corrected chi connectivity index (χ3v) is 13.2. The van der Waals surface area contributed by atoms with Crippen molar-refractivity contribution in [3.8, 4) is 5.75 Å². The molecule has 2 aromatic rings. The lowest BCUT2D eigenvalue weighted by molar-refractivity contribution is -0.144. The lowest BCUT2D eigenvalue weighted by Crippen LogP contribution is -2.62. The second-order valence-electron chi connectivity index (χ2n) is 16.3. The number of carbonyl (C=O) groups is 9. The normalized spacial score (nSPS) is 28.2. The molecule has 3 aliphatic heterocycles. The monoisotopic (exact) mass is 932 g/mol. The molecule has 65 heavy (non-hydrogen) atoms. The summed E-state index contributed by atoms with van der Waals surface area (Å²) in [5.74, 6) is -11.3. The minimum absolute atomic E-state index is 0.107. The van der Waals surface area contributed by atoms with Crippen LogP contribution in [-0.2, 0) is 60.7 Å². The van der Waals surface area contributed by atoms with Crippen LogP contribution in [0.1, 0.15) is 45.6 Å². The van der Waals surface area contributed by atoms with E-state index in [2.05, 4.69) is 42.2 Å². The number of ether oxygens (including phenoxy) is 1. The standard InChI is InChI=1S/C40H56N10O14S/c1-5-17(2)32-37(60)43-12-30(55)44-26-16-65(63)39-22(21-7-6-20(64-4)9-23(21)47-39)10-24(34(57)42-13-31(56)48-32)45-38(61)33(18(3)28(53)15-51)49-36(59)27-8-19(52)14-50(27)40(62)25(11-29(41)54)46-35(26)58/h6-7,9,17-19,24-28,32-33,47,51-53H,5,8,10-16H2,1-4H3,(H2,41,54)(H,42,57)(H,43,60)(H,44,55)(H,45,61)(H,46,58)(H,48,56)(H,49,59)/t17-,18-,19+,24-,25-,26-,27-,28-,32?,33-,65?/m0/s1. The van der Waals surface area contributed by atoms with Gasteiger partial charge in [0.25, 0.3) is 0 Å². The molecule has 5 rings (SSSR count). The average Bonchev–Trinajstić information content (AvgIpc) is 3.85. The number of hydrogen-bond donors (Lipinski definition) is 12. The first-order valence-electron chi connectivity index (χ1n) is 20.9. The van der Waals surface area contributed by atoms with Gasteiger partial charge in [-0.1, -0.05) is 27.2 Å². The number of aliphatic hydroxyl groups is 3. The highest BCUT2D eigenvalue weighted by atomic mass is 32.2. The fourth-order valence-corrected chi connectivity index (χ4v) is 9.22. The highest BCUT2D eigenvalue weighted by molar-refractivity contribution is 7.91. The van der Waals surface area contributed by atoms with Crippen LogP contribution in [0, 0.1) is 11.8 Å². The molecule has 13 N–H and O–H groups in total. The largest absolute Gasteiger partial charge is 0.610 e. The van der Waals surface area contributed by atoms with Crippen LogP contribution in [0.3, 0.4) is 0 Å². The van der Waals surface area contributed by atoms with E-state index in [1.165, 1.54) is 20.1 Å². The predicted molar refractivity (Wildman–Crippen MR) is 227 cm³/mol. The van der Waals surface area contributed by atoms with Gasteiger partial charge in [0.1, 0.15) is 41.7 Å². The smallest absolute Gasteiger partial charge is 0.248 e. The van der Waals surface area contributed by atoms with Crippen LogP contribution < -0.4 is 47.7 Å². The van der Waals surface area contributed by atoms with Crippen LogP contribution in [-0.4, -0.2) is 170 Å². The Morgan fingerprint density at radius 1 is 0.908 bits per heavy atom. The van der Waals surface area contributed by atoms with Gasteiger partial charge in [-0.15, -0.1) is 0 Å². The molecule has 11 atom stereocenters. The summed E-state index contributed by atoms with van der Waals surface area (Å²) in [5.41, 5.74) is 5.95. The van der Waals surface area contributed by atoms with E-state index in [0.717, 1.165) is 4.90 Å². The maximum Gasteiger partial charge on any atom is 0.248 e. The zero-order valence-corrected chi connectivity index (χ0v) is 37.0. The summed E-state index contributed by atoms with van der Waals surface area (Å²) in [6.45, 7) is 1.84. The summed E-state index contributed by atoms with van der Waals surface area (Å²) in [6.07, 6.45) is -4.33. The number of aliphatic hydroxyl groups excluding tert-OH is 3. The molecule has 4 heterocycles. The Balaban J connectivity index is 1.74. The summed E-state index contributed by atoms with van der Waals surface area (Å²) in [6, 6.07) is -5.18. The first-order chi connectivity index (χ1) is 30.8. The number of aromatic amines is 1. The molecule has 0 radical (unpaired) electrons. The van der Waals surface area contributed by atoms with Gasteiger partial charge in [-0.05, 0) is 18.1 Å². The molecule has 0 aliphatic carbocycles. The fourth-order valence-electron chi connectivity index (χ4n) is 7.82. The van der Waals surface area contributed by atoms with E-state index < -0.39 is 176 Å². The first kappa shape index (κ1) is 50.0. The maximum atomic E-state index is 14.7. The highest BCUT2D eigenvalue weighted by Gasteiger charge is 2.45. The van der Waals surface area contributed by atoms with Crippen LogP contribution in [0.5, 0.6) is 5.75 Å². The summed E-state index contributed by atoms with van der Waals surface area (Å²) in [5, 5.41) is 48.8. The number of methoxy groups -OCH3 is 1. The molecule has 1 saturated heterocycles. The zero-order valence-electron chi connectivity index (χ0n) is 36.1. The van der Waals surface area contributed by atoms with Crippen molar-refractivity contribution in [2.45, 2.75) is 99.9 Å². The van der Waals surface area contributed by atoms with Crippen LogP contribution in [0.25, 0.3) is 10.9 Å². The van der Waals surface area contributed by atoms with Crippen LogP contribution in [0.2, 0.25) is 0 Å². The number of amides is 9. The quantitative estimate of drug-likeness (QED) is 0.110. The van der Waals surface area contributed by atoms with Crippen molar-refractivity contribution >= 4 is 75.2 Å². The van der Waals surface area contributed by atoms with Crippen LogP contribution in [0.15, 0.2) is 23.2 Å². The Kier molecular flexibility index (Phi) is 16.7. The van der Waals surface area contributed by atoms with Crippen molar-refractivity contribution in [1.82, 2.24) is 47.1 Å². The van der Waals surface area contributed by atoms with Crippen LogP contribution in [0.4, 0.5) is 0 Å². The minimum atomic E-state index is -2.34. The van der Waals surface area contributed by atoms with Gasteiger partial charge in [0.2, 0.25) is 58.2 Å². The Morgan fingerprint density at radius 3 is 2.23 bits per heavy atom. The molecule has 3 aliphatic rings. The predicted octanol–water partition coefficient (Wildman–Crippen LogP) is -5.62. The maximum absolute atomic E-state index is 14.7. The fraction of sp³-hybridized carbons (Fsp3) is 0.575. The number of hydrogen-bond acceptors (Lipinski definition) is 14. The first-order valence-corrected chi connectivity index (χ1v) is 22.3. The number of fused-ring (bicyclic) bond motifs is 5. The second-order valence-corrected chi connectivity index (χ2v) is 17.8. The van der Waals surface area contributed by atoms with E-state index in [4.69, 9.17) is 10.5 Å². The molecule has 2 bridgehead atoms. The molecular formula is C40H56N10O14S. The van der Waals surface area contributed by atoms with Gasteiger partial charge in [-0.25, -0.2) is 0 Å². The Morgan fingerprint density at radius 2 is 1.58 bits per heavy atom. The molecule has 25 heteroatoms. The van der Waals surface area contributed by atoms with E-state index >= 15 is 0 Å². The summed E-state index contributed by atoms with van der Waals surface area (Å²) >= 11 is -2.34. The van der Waals surface area contributed by atoms with E-state index in [1.54, 1.807) is 26.0 Å².